The second kappa shape index (κ2) is 8.54. The van der Waals surface area contributed by atoms with Crippen molar-refractivity contribution in [3.05, 3.63) is 24.3 Å². The Hall–Kier alpha value is -1.79. The summed E-state index contributed by atoms with van der Waals surface area (Å²) in [5.41, 5.74) is 1.27. The zero-order chi connectivity index (χ0) is 17.6. The normalized spacial score (nSPS) is 22.6. The highest BCUT2D eigenvalue weighted by molar-refractivity contribution is 5.77. The molecule has 2 saturated heterocycles. The zero-order valence-electron chi connectivity index (χ0n) is 15.4. The Morgan fingerprint density at radius 3 is 2.52 bits per heavy atom. The van der Waals surface area contributed by atoms with Crippen LogP contribution < -0.4 is 15.0 Å². The molecule has 0 spiro atoms. The Labute approximate surface area is 150 Å². The number of ether oxygens (including phenoxy) is 1. The van der Waals surface area contributed by atoms with E-state index in [1.54, 1.807) is 14.2 Å². The first kappa shape index (κ1) is 18.0. The van der Waals surface area contributed by atoms with E-state index in [9.17, 15) is 4.79 Å². The Morgan fingerprint density at radius 1 is 1.16 bits per heavy atom. The number of carbonyl (C=O) groups is 1. The van der Waals surface area contributed by atoms with Gasteiger partial charge < -0.3 is 15.0 Å². The van der Waals surface area contributed by atoms with E-state index in [4.69, 9.17) is 4.74 Å². The van der Waals surface area contributed by atoms with Crippen molar-refractivity contribution in [2.24, 2.45) is 0 Å². The highest BCUT2D eigenvalue weighted by atomic mass is 16.5. The zero-order valence-corrected chi connectivity index (χ0v) is 15.4. The van der Waals surface area contributed by atoms with Crippen LogP contribution in [0.2, 0.25) is 0 Å². The van der Waals surface area contributed by atoms with E-state index in [2.05, 4.69) is 32.1 Å². The van der Waals surface area contributed by atoms with Gasteiger partial charge in [0.25, 0.3) is 0 Å². The molecule has 1 aromatic carbocycles. The van der Waals surface area contributed by atoms with E-state index in [1.807, 2.05) is 12.1 Å². The lowest BCUT2D eigenvalue weighted by atomic mass is 10.0. The maximum absolute atomic E-state index is 11.6. The molecule has 1 amide bonds. The SMILES string of the molecule is CNC(=O)CN1CCCC(N2CCN(c3ccc(OC)cc3)CC2)C1. The van der Waals surface area contributed by atoms with Crippen LogP contribution in [0.15, 0.2) is 24.3 Å². The molecule has 2 aliphatic heterocycles. The van der Waals surface area contributed by atoms with E-state index in [-0.39, 0.29) is 5.91 Å². The number of hydrogen-bond acceptors (Lipinski definition) is 5. The Morgan fingerprint density at radius 2 is 1.88 bits per heavy atom. The number of methoxy groups -OCH3 is 1. The third-order valence-electron chi connectivity index (χ3n) is 5.39. The van der Waals surface area contributed by atoms with E-state index in [1.165, 1.54) is 18.5 Å². The molecular formula is C19H30N4O2. The predicted octanol–water partition coefficient (Wildman–Crippen LogP) is 1.03. The number of piperazine rings is 1. The molecule has 0 aliphatic carbocycles. The summed E-state index contributed by atoms with van der Waals surface area (Å²) in [6, 6.07) is 8.91. The largest absolute Gasteiger partial charge is 0.497 e. The van der Waals surface area contributed by atoms with Gasteiger partial charge in [-0.05, 0) is 43.7 Å². The number of hydrogen-bond donors (Lipinski definition) is 1. The summed E-state index contributed by atoms with van der Waals surface area (Å²) in [6.45, 7) is 6.86. The quantitative estimate of drug-likeness (QED) is 0.863. The fourth-order valence-corrected chi connectivity index (χ4v) is 3.89. The molecule has 2 aliphatic rings. The summed E-state index contributed by atoms with van der Waals surface area (Å²) in [4.78, 5) is 19.0. The summed E-state index contributed by atoms with van der Waals surface area (Å²) in [6.07, 6.45) is 2.42. The Kier molecular flexibility index (Phi) is 6.15. The Balaban J connectivity index is 1.50. The molecule has 0 radical (unpaired) electrons. The monoisotopic (exact) mass is 346 g/mol. The van der Waals surface area contributed by atoms with Gasteiger partial charge in [0.05, 0.1) is 13.7 Å². The molecule has 6 nitrogen and oxygen atoms in total. The highest BCUT2D eigenvalue weighted by Crippen LogP contribution is 2.23. The van der Waals surface area contributed by atoms with Crippen molar-refractivity contribution in [3.8, 4) is 5.75 Å². The summed E-state index contributed by atoms with van der Waals surface area (Å²) in [7, 11) is 3.41. The molecule has 138 valence electrons. The average molecular weight is 346 g/mol. The minimum absolute atomic E-state index is 0.116. The van der Waals surface area contributed by atoms with Crippen molar-refractivity contribution in [1.82, 2.24) is 15.1 Å². The number of carbonyl (C=O) groups excluding carboxylic acids is 1. The molecule has 2 heterocycles. The number of nitrogens with one attached hydrogen (secondary N) is 1. The van der Waals surface area contributed by atoms with Gasteiger partial charge in [-0.1, -0.05) is 0 Å². The van der Waals surface area contributed by atoms with Gasteiger partial charge in [0.1, 0.15) is 5.75 Å². The second-order valence-corrected chi connectivity index (χ2v) is 6.93. The summed E-state index contributed by atoms with van der Waals surface area (Å²) >= 11 is 0. The van der Waals surface area contributed by atoms with Gasteiger partial charge in [-0.25, -0.2) is 0 Å². The third kappa shape index (κ3) is 4.64. The molecule has 0 saturated carbocycles. The number of likely N-dealkylation sites (tertiary alicyclic amines) is 1. The first-order valence-corrected chi connectivity index (χ1v) is 9.25. The number of amides is 1. The van der Waals surface area contributed by atoms with Gasteiger partial charge in [0.15, 0.2) is 0 Å². The smallest absolute Gasteiger partial charge is 0.233 e. The molecule has 1 atom stereocenters. The van der Waals surface area contributed by atoms with Gasteiger partial charge in [0, 0.05) is 51.5 Å². The summed E-state index contributed by atoms with van der Waals surface area (Å²) < 4.78 is 5.24. The van der Waals surface area contributed by atoms with Crippen LogP contribution in [-0.2, 0) is 4.79 Å². The van der Waals surface area contributed by atoms with Crippen molar-refractivity contribution in [2.75, 3.05) is 64.9 Å². The molecule has 1 unspecified atom stereocenters. The first-order chi connectivity index (χ1) is 12.2. The van der Waals surface area contributed by atoms with Crippen LogP contribution in [0, 0.1) is 0 Å². The average Bonchev–Trinajstić information content (AvgIpc) is 2.68. The predicted molar refractivity (Wildman–Crippen MR) is 100 cm³/mol. The lowest BCUT2D eigenvalue weighted by Crippen LogP contribution is -2.55. The van der Waals surface area contributed by atoms with E-state index in [0.29, 0.717) is 12.6 Å². The topological polar surface area (TPSA) is 48.1 Å². The van der Waals surface area contributed by atoms with Gasteiger partial charge in [-0.2, -0.15) is 0 Å². The first-order valence-electron chi connectivity index (χ1n) is 9.25. The minimum atomic E-state index is 0.116. The fraction of sp³-hybridized carbons (Fsp3) is 0.632. The second-order valence-electron chi connectivity index (χ2n) is 6.93. The molecule has 6 heteroatoms. The van der Waals surface area contributed by atoms with Crippen LogP contribution in [0.3, 0.4) is 0 Å². The molecule has 25 heavy (non-hydrogen) atoms. The number of nitrogens with zero attached hydrogens (tertiary/aromatic N) is 3. The molecule has 1 N–H and O–H groups in total. The lowest BCUT2D eigenvalue weighted by Gasteiger charge is -2.43. The maximum atomic E-state index is 11.6. The van der Waals surface area contributed by atoms with Crippen molar-refractivity contribution < 1.29 is 9.53 Å². The minimum Gasteiger partial charge on any atom is -0.497 e. The summed E-state index contributed by atoms with van der Waals surface area (Å²) in [5.74, 6) is 1.02. The standard InChI is InChI=1S/C19H30N4O2/c1-20-19(24)15-21-9-3-4-17(14-21)23-12-10-22(11-13-23)16-5-7-18(25-2)8-6-16/h5-8,17H,3-4,9-15H2,1-2H3,(H,20,24). The number of anilines is 1. The van der Waals surface area contributed by atoms with Crippen molar-refractivity contribution in [2.45, 2.75) is 18.9 Å². The third-order valence-corrected chi connectivity index (χ3v) is 5.39. The molecule has 3 rings (SSSR count). The number of benzene rings is 1. The molecule has 0 aromatic heterocycles. The van der Waals surface area contributed by atoms with Crippen LogP contribution in [0.25, 0.3) is 0 Å². The van der Waals surface area contributed by atoms with E-state index < -0.39 is 0 Å². The maximum Gasteiger partial charge on any atom is 0.233 e. The molecule has 1 aromatic rings. The van der Waals surface area contributed by atoms with Gasteiger partial charge in [-0.15, -0.1) is 0 Å². The molecule has 2 fully saturated rings. The molecule has 0 bridgehead atoms. The van der Waals surface area contributed by atoms with Crippen LogP contribution in [-0.4, -0.2) is 81.7 Å². The van der Waals surface area contributed by atoms with E-state index >= 15 is 0 Å². The number of likely N-dealkylation sites (N-methyl/N-ethyl adjacent to an activating group) is 1. The van der Waals surface area contributed by atoms with Crippen LogP contribution in [0.4, 0.5) is 5.69 Å². The van der Waals surface area contributed by atoms with Crippen LogP contribution in [0.5, 0.6) is 5.75 Å². The van der Waals surface area contributed by atoms with Crippen molar-refractivity contribution in [1.29, 1.82) is 0 Å². The number of rotatable bonds is 5. The van der Waals surface area contributed by atoms with Gasteiger partial charge in [-0.3, -0.25) is 14.6 Å². The Bertz CT molecular complexity index is 555. The fourth-order valence-electron chi connectivity index (χ4n) is 3.89. The van der Waals surface area contributed by atoms with E-state index in [0.717, 1.165) is 45.0 Å². The van der Waals surface area contributed by atoms with Crippen LogP contribution in [0.1, 0.15) is 12.8 Å². The molecular weight excluding hydrogens is 316 g/mol. The van der Waals surface area contributed by atoms with Gasteiger partial charge >= 0.3 is 0 Å². The summed E-state index contributed by atoms with van der Waals surface area (Å²) in [5, 5.41) is 2.73. The van der Waals surface area contributed by atoms with Crippen molar-refractivity contribution >= 4 is 11.6 Å². The van der Waals surface area contributed by atoms with Gasteiger partial charge in [0.2, 0.25) is 5.91 Å². The van der Waals surface area contributed by atoms with Crippen LogP contribution >= 0.6 is 0 Å². The lowest BCUT2D eigenvalue weighted by molar-refractivity contribution is -0.122. The number of piperidine rings is 1. The highest BCUT2D eigenvalue weighted by Gasteiger charge is 2.28. The van der Waals surface area contributed by atoms with Crippen molar-refractivity contribution in [3.63, 3.8) is 0 Å².